The number of thioether (sulfide) groups is 1. The molecule has 6 nitrogen and oxygen atoms in total. The van der Waals surface area contributed by atoms with Crippen LogP contribution >= 0.6 is 23.1 Å². The van der Waals surface area contributed by atoms with Gasteiger partial charge in [0.1, 0.15) is 16.5 Å². The van der Waals surface area contributed by atoms with Gasteiger partial charge in [-0.25, -0.2) is 4.98 Å². The van der Waals surface area contributed by atoms with Crippen molar-refractivity contribution >= 4 is 29.0 Å². The molecule has 8 heteroatoms. The third-order valence-electron chi connectivity index (χ3n) is 7.31. The summed E-state index contributed by atoms with van der Waals surface area (Å²) in [5, 5.41) is 12.7. The van der Waals surface area contributed by atoms with Gasteiger partial charge in [-0.1, -0.05) is 120 Å². The summed E-state index contributed by atoms with van der Waals surface area (Å²) in [6.07, 6.45) is 1.46. The summed E-state index contributed by atoms with van der Waals surface area (Å²) in [6, 6.07) is 39.2. The maximum Gasteiger partial charge on any atom is 0.273 e. The molecule has 0 fully saturated rings. The molecule has 4 aromatic carbocycles. The van der Waals surface area contributed by atoms with E-state index in [4.69, 9.17) is 4.98 Å². The molecule has 6 aromatic rings. The molecule has 0 saturated carbocycles. The minimum atomic E-state index is -0.0507. The zero-order valence-corrected chi connectivity index (χ0v) is 26.2. The second-order valence-electron chi connectivity index (χ2n) is 10.6. The molecule has 44 heavy (non-hydrogen) atoms. The molecule has 0 radical (unpaired) electrons. The normalized spacial score (nSPS) is 11.0. The number of thiazole rings is 1. The van der Waals surface area contributed by atoms with Crippen molar-refractivity contribution in [3.05, 3.63) is 159 Å². The smallest absolute Gasteiger partial charge is 0.273 e. The van der Waals surface area contributed by atoms with Crippen LogP contribution in [0.25, 0.3) is 5.69 Å². The molecule has 2 aromatic heterocycles. The van der Waals surface area contributed by atoms with E-state index < -0.39 is 0 Å². The SMILES string of the molecule is Cc1ccc(-n2c(Cc3ccccc3)nnc2SCc2nc(C(=O)N(CCc3ccccc3)Cc3ccccc3)cs2)cc1. The van der Waals surface area contributed by atoms with Gasteiger partial charge < -0.3 is 4.90 Å². The average molecular weight is 616 g/mol. The highest BCUT2D eigenvalue weighted by Gasteiger charge is 2.21. The highest BCUT2D eigenvalue weighted by Crippen LogP contribution is 2.28. The molecule has 0 aliphatic rings. The van der Waals surface area contributed by atoms with Gasteiger partial charge in [0, 0.05) is 30.6 Å². The number of carbonyl (C=O) groups excluding carboxylic acids is 1. The summed E-state index contributed by atoms with van der Waals surface area (Å²) in [4.78, 5) is 20.4. The number of amides is 1. The molecule has 0 aliphatic heterocycles. The number of benzene rings is 4. The first kappa shape index (κ1) is 29.5. The third-order valence-corrected chi connectivity index (χ3v) is 9.28. The Balaban J connectivity index is 1.18. The van der Waals surface area contributed by atoms with Crippen LogP contribution in [0.1, 0.15) is 43.6 Å². The van der Waals surface area contributed by atoms with Gasteiger partial charge in [0.2, 0.25) is 0 Å². The molecule has 220 valence electrons. The van der Waals surface area contributed by atoms with Crippen LogP contribution in [0.4, 0.5) is 0 Å². The van der Waals surface area contributed by atoms with Crippen molar-refractivity contribution in [2.75, 3.05) is 6.54 Å². The summed E-state index contributed by atoms with van der Waals surface area (Å²) >= 11 is 3.10. The van der Waals surface area contributed by atoms with Crippen LogP contribution in [0.5, 0.6) is 0 Å². The number of aryl methyl sites for hydroxylation is 1. The quantitative estimate of drug-likeness (QED) is 0.132. The van der Waals surface area contributed by atoms with Gasteiger partial charge in [-0.05, 0) is 42.2 Å². The molecular formula is C36H33N5OS2. The van der Waals surface area contributed by atoms with E-state index in [1.54, 1.807) is 11.8 Å². The Morgan fingerprint density at radius 2 is 1.43 bits per heavy atom. The lowest BCUT2D eigenvalue weighted by Gasteiger charge is -2.22. The van der Waals surface area contributed by atoms with Gasteiger partial charge in [0.15, 0.2) is 5.16 Å². The first-order valence-electron chi connectivity index (χ1n) is 14.6. The summed E-state index contributed by atoms with van der Waals surface area (Å²) in [5.74, 6) is 1.42. The van der Waals surface area contributed by atoms with Crippen molar-refractivity contribution in [2.24, 2.45) is 0 Å². The molecule has 1 amide bonds. The van der Waals surface area contributed by atoms with Crippen LogP contribution in [0.15, 0.2) is 126 Å². The van der Waals surface area contributed by atoms with Gasteiger partial charge >= 0.3 is 0 Å². The maximum absolute atomic E-state index is 13.7. The molecule has 0 atom stereocenters. The van der Waals surface area contributed by atoms with E-state index in [1.165, 1.54) is 28.0 Å². The molecule has 0 unspecified atom stereocenters. The number of nitrogens with zero attached hydrogens (tertiary/aromatic N) is 5. The molecule has 0 bridgehead atoms. The molecule has 6 rings (SSSR count). The molecule has 0 saturated heterocycles. The van der Waals surface area contributed by atoms with Gasteiger partial charge in [-0.2, -0.15) is 0 Å². The monoisotopic (exact) mass is 615 g/mol. The lowest BCUT2D eigenvalue weighted by atomic mass is 10.1. The Bertz CT molecular complexity index is 1790. The fourth-order valence-electron chi connectivity index (χ4n) is 4.97. The van der Waals surface area contributed by atoms with Crippen LogP contribution in [0.2, 0.25) is 0 Å². The minimum absolute atomic E-state index is 0.0507. The predicted molar refractivity (Wildman–Crippen MR) is 178 cm³/mol. The zero-order chi connectivity index (χ0) is 30.1. The third kappa shape index (κ3) is 7.51. The van der Waals surface area contributed by atoms with Gasteiger partial charge in [-0.3, -0.25) is 9.36 Å². The number of hydrogen-bond donors (Lipinski definition) is 0. The van der Waals surface area contributed by atoms with Crippen LogP contribution in [0, 0.1) is 6.92 Å². The zero-order valence-electron chi connectivity index (χ0n) is 24.5. The van der Waals surface area contributed by atoms with Crippen molar-refractivity contribution in [3.8, 4) is 5.69 Å². The van der Waals surface area contributed by atoms with Crippen molar-refractivity contribution in [1.29, 1.82) is 0 Å². The lowest BCUT2D eigenvalue weighted by Crippen LogP contribution is -2.32. The van der Waals surface area contributed by atoms with Gasteiger partial charge in [-0.15, -0.1) is 21.5 Å². The molecule has 0 spiro atoms. The van der Waals surface area contributed by atoms with Crippen LogP contribution < -0.4 is 0 Å². The highest BCUT2D eigenvalue weighted by molar-refractivity contribution is 7.98. The van der Waals surface area contributed by atoms with E-state index in [1.807, 2.05) is 64.9 Å². The fourth-order valence-corrected chi connectivity index (χ4v) is 6.73. The number of rotatable bonds is 12. The number of carbonyl (C=O) groups is 1. The van der Waals surface area contributed by atoms with Crippen LogP contribution in [-0.2, 0) is 25.1 Å². The standard InChI is InChI=1S/C36H33N5OS2/c1-27-17-19-31(20-18-27)41-33(23-29-13-7-3-8-14-29)38-39-36(41)44-26-34-37-32(25-43-34)35(42)40(24-30-15-9-4-10-16-30)22-21-28-11-5-2-6-12-28/h2-20,25H,21-24,26H2,1H3. The van der Waals surface area contributed by atoms with Crippen molar-refractivity contribution in [2.45, 2.75) is 37.2 Å². The van der Waals surface area contributed by atoms with Crippen molar-refractivity contribution in [3.63, 3.8) is 0 Å². The second-order valence-corrected chi connectivity index (χ2v) is 12.5. The molecular weight excluding hydrogens is 583 g/mol. The molecule has 2 heterocycles. The molecule has 0 aliphatic carbocycles. The Morgan fingerprint density at radius 1 is 0.795 bits per heavy atom. The number of hydrogen-bond acceptors (Lipinski definition) is 6. The van der Waals surface area contributed by atoms with E-state index in [2.05, 4.69) is 82.4 Å². The number of aromatic nitrogens is 4. The van der Waals surface area contributed by atoms with E-state index in [0.29, 0.717) is 31.0 Å². The maximum atomic E-state index is 13.7. The topological polar surface area (TPSA) is 63.9 Å². The lowest BCUT2D eigenvalue weighted by molar-refractivity contribution is 0.0740. The fraction of sp³-hybridized carbons (Fsp3) is 0.167. The summed E-state index contributed by atoms with van der Waals surface area (Å²) in [5.41, 5.74) is 6.20. The van der Waals surface area contributed by atoms with Gasteiger partial charge in [0.25, 0.3) is 5.91 Å². The summed E-state index contributed by atoms with van der Waals surface area (Å²) < 4.78 is 2.13. The average Bonchev–Trinajstić information content (AvgIpc) is 3.71. The molecule has 0 N–H and O–H groups in total. The summed E-state index contributed by atoms with van der Waals surface area (Å²) in [7, 11) is 0. The Labute approximate surface area is 266 Å². The van der Waals surface area contributed by atoms with E-state index >= 15 is 0 Å². The van der Waals surface area contributed by atoms with E-state index in [-0.39, 0.29) is 5.91 Å². The summed E-state index contributed by atoms with van der Waals surface area (Å²) in [6.45, 7) is 3.24. The second kappa shape index (κ2) is 14.3. The highest BCUT2D eigenvalue weighted by atomic mass is 32.2. The predicted octanol–water partition coefficient (Wildman–Crippen LogP) is 7.80. The van der Waals surface area contributed by atoms with Crippen molar-refractivity contribution < 1.29 is 4.79 Å². The largest absolute Gasteiger partial charge is 0.333 e. The van der Waals surface area contributed by atoms with Gasteiger partial charge in [0.05, 0.1) is 5.75 Å². The van der Waals surface area contributed by atoms with E-state index in [0.717, 1.165) is 33.7 Å². The first-order chi connectivity index (χ1) is 21.6. The van der Waals surface area contributed by atoms with Crippen LogP contribution in [0.3, 0.4) is 0 Å². The minimum Gasteiger partial charge on any atom is -0.333 e. The van der Waals surface area contributed by atoms with Crippen molar-refractivity contribution in [1.82, 2.24) is 24.6 Å². The van der Waals surface area contributed by atoms with Crippen LogP contribution in [-0.4, -0.2) is 37.1 Å². The Kier molecular flexibility index (Phi) is 9.60. The first-order valence-corrected chi connectivity index (χ1v) is 16.5. The Morgan fingerprint density at radius 3 is 2.11 bits per heavy atom. The Hall–Kier alpha value is -4.53. The van der Waals surface area contributed by atoms with E-state index in [9.17, 15) is 4.79 Å².